The van der Waals surface area contributed by atoms with Crippen molar-refractivity contribution in [1.29, 1.82) is 0 Å². The van der Waals surface area contributed by atoms with E-state index in [-0.39, 0.29) is 5.97 Å². The lowest BCUT2D eigenvalue weighted by molar-refractivity contribution is -0.143. The smallest absolute Gasteiger partial charge is 0.306 e. The van der Waals surface area contributed by atoms with Gasteiger partial charge in [0.1, 0.15) is 6.67 Å². The van der Waals surface area contributed by atoms with Gasteiger partial charge in [0, 0.05) is 10.9 Å². The normalized spacial score (nSPS) is 10.2. The third-order valence-corrected chi connectivity index (χ3v) is 2.91. The Morgan fingerprint density at radius 1 is 1.50 bits per heavy atom. The Balaban J connectivity index is 2.57. The molecular weight excluding hydrogens is 275 g/mol. The van der Waals surface area contributed by atoms with Crippen LogP contribution in [0.5, 0.6) is 0 Å². The lowest BCUT2D eigenvalue weighted by Crippen LogP contribution is -2.05. The Hall–Kier alpha value is -0.900. The minimum Gasteiger partial charge on any atom is -0.466 e. The topological polar surface area (TPSA) is 26.3 Å². The number of esters is 1. The molecule has 88 valence electrons. The lowest BCUT2D eigenvalue weighted by Gasteiger charge is -2.05. The van der Waals surface area contributed by atoms with Crippen molar-refractivity contribution in [2.45, 2.75) is 26.4 Å². The molecule has 1 rings (SSSR count). The molecule has 0 saturated heterocycles. The van der Waals surface area contributed by atoms with Crippen molar-refractivity contribution in [3.05, 3.63) is 33.8 Å². The second kappa shape index (κ2) is 6.63. The Labute approximate surface area is 103 Å². The van der Waals surface area contributed by atoms with Crippen molar-refractivity contribution < 1.29 is 13.9 Å². The predicted octanol–water partition coefficient (Wildman–Crippen LogP) is 3.41. The van der Waals surface area contributed by atoms with Gasteiger partial charge in [-0.3, -0.25) is 4.79 Å². The molecule has 0 aliphatic heterocycles. The summed E-state index contributed by atoms with van der Waals surface area (Å²) in [5, 5.41) is 0. The van der Waals surface area contributed by atoms with Gasteiger partial charge in [-0.1, -0.05) is 28.1 Å². The van der Waals surface area contributed by atoms with E-state index in [0.717, 1.165) is 10.0 Å². The van der Waals surface area contributed by atoms with Gasteiger partial charge in [0.25, 0.3) is 0 Å². The summed E-state index contributed by atoms with van der Waals surface area (Å²) in [5.74, 6) is -0.205. The van der Waals surface area contributed by atoms with Crippen molar-refractivity contribution in [2.24, 2.45) is 0 Å². The predicted molar refractivity (Wildman–Crippen MR) is 63.9 cm³/mol. The standard InChI is InChI=1S/C12H14BrFO2/c1-2-16-12(15)6-5-10-4-3-9(8-14)7-11(10)13/h3-4,7H,2,5-6,8H2,1H3. The number of carbonyl (C=O) groups excluding carboxylic acids is 1. The maximum Gasteiger partial charge on any atom is 0.306 e. The summed E-state index contributed by atoms with van der Waals surface area (Å²) in [7, 11) is 0. The largest absolute Gasteiger partial charge is 0.466 e. The summed E-state index contributed by atoms with van der Waals surface area (Å²) in [6, 6.07) is 5.30. The molecule has 2 nitrogen and oxygen atoms in total. The van der Waals surface area contributed by atoms with Crippen LogP contribution < -0.4 is 0 Å². The summed E-state index contributed by atoms with van der Waals surface area (Å²) in [4.78, 5) is 11.2. The molecule has 0 radical (unpaired) electrons. The van der Waals surface area contributed by atoms with E-state index < -0.39 is 6.67 Å². The van der Waals surface area contributed by atoms with Crippen LogP contribution in [0, 0.1) is 0 Å². The quantitative estimate of drug-likeness (QED) is 0.776. The van der Waals surface area contributed by atoms with Gasteiger partial charge in [-0.05, 0) is 30.5 Å². The van der Waals surface area contributed by atoms with Gasteiger partial charge in [-0.2, -0.15) is 0 Å². The van der Waals surface area contributed by atoms with Gasteiger partial charge in [0.05, 0.1) is 6.61 Å². The first-order valence-corrected chi connectivity index (χ1v) is 5.95. The zero-order valence-corrected chi connectivity index (χ0v) is 10.7. The van der Waals surface area contributed by atoms with E-state index in [1.165, 1.54) is 0 Å². The fraction of sp³-hybridized carbons (Fsp3) is 0.417. The van der Waals surface area contributed by atoms with Crippen molar-refractivity contribution in [3.8, 4) is 0 Å². The van der Waals surface area contributed by atoms with Crippen LogP contribution >= 0.6 is 15.9 Å². The molecule has 0 amide bonds. The molecule has 4 heteroatoms. The number of benzene rings is 1. The second-order valence-corrected chi connectivity index (χ2v) is 4.22. The van der Waals surface area contributed by atoms with E-state index in [9.17, 15) is 9.18 Å². The van der Waals surface area contributed by atoms with Crippen molar-refractivity contribution in [1.82, 2.24) is 0 Å². The Morgan fingerprint density at radius 2 is 2.25 bits per heavy atom. The molecule has 0 aromatic heterocycles. The summed E-state index contributed by atoms with van der Waals surface area (Å²) in [5.41, 5.74) is 1.62. The molecule has 16 heavy (non-hydrogen) atoms. The molecule has 0 N–H and O–H groups in total. The first kappa shape index (κ1) is 13.2. The van der Waals surface area contributed by atoms with Crippen molar-refractivity contribution in [2.75, 3.05) is 6.61 Å². The highest BCUT2D eigenvalue weighted by atomic mass is 79.9. The molecule has 0 unspecified atom stereocenters. The van der Waals surface area contributed by atoms with Crippen LogP contribution in [0.15, 0.2) is 22.7 Å². The molecule has 0 spiro atoms. The minimum atomic E-state index is -0.475. The molecule has 0 saturated carbocycles. The molecule has 0 bridgehead atoms. The van der Waals surface area contributed by atoms with Crippen LogP contribution in [0.4, 0.5) is 4.39 Å². The first-order chi connectivity index (χ1) is 7.67. The number of aryl methyl sites for hydroxylation is 1. The minimum absolute atomic E-state index is 0.205. The van der Waals surface area contributed by atoms with Crippen molar-refractivity contribution in [3.63, 3.8) is 0 Å². The Morgan fingerprint density at radius 3 is 2.81 bits per heavy atom. The number of alkyl halides is 1. The summed E-state index contributed by atoms with van der Waals surface area (Å²) >= 11 is 3.36. The van der Waals surface area contributed by atoms with Gasteiger partial charge >= 0.3 is 5.97 Å². The van der Waals surface area contributed by atoms with Gasteiger partial charge in [-0.25, -0.2) is 4.39 Å². The average molecular weight is 289 g/mol. The van der Waals surface area contributed by atoms with E-state index in [0.29, 0.717) is 25.0 Å². The summed E-state index contributed by atoms with van der Waals surface area (Å²) in [6.07, 6.45) is 0.952. The molecule has 0 aliphatic carbocycles. The van der Waals surface area contributed by atoms with E-state index in [1.807, 2.05) is 6.07 Å². The van der Waals surface area contributed by atoms with Crippen LogP contribution in [0.2, 0.25) is 0 Å². The highest BCUT2D eigenvalue weighted by molar-refractivity contribution is 9.10. The zero-order valence-electron chi connectivity index (χ0n) is 9.13. The van der Waals surface area contributed by atoms with E-state index in [4.69, 9.17) is 4.74 Å². The first-order valence-electron chi connectivity index (χ1n) is 5.16. The number of ether oxygens (including phenoxy) is 1. The summed E-state index contributed by atoms with van der Waals surface area (Å²) in [6.45, 7) is 1.71. The number of rotatable bonds is 5. The summed E-state index contributed by atoms with van der Waals surface area (Å²) < 4.78 is 18.0. The third kappa shape index (κ3) is 3.93. The Bertz CT molecular complexity index is 366. The fourth-order valence-corrected chi connectivity index (χ4v) is 1.97. The lowest BCUT2D eigenvalue weighted by atomic mass is 10.1. The number of hydrogen-bond donors (Lipinski definition) is 0. The van der Waals surface area contributed by atoms with Crippen LogP contribution in [0.3, 0.4) is 0 Å². The van der Waals surface area contributed by atoms with Crippen LogP contribution in [-0.2, 0) is 22.6 Å². The average Bonchev–Trinajstić information content (AvgIpc) is 2.27. The fourth-order valence-electron chi connectivity index (χ4n) is 1.35. The number of hydrogen-bond acceptors (Lipinski definition) is 2. The van der Waals surface area contributed by atoms with Gasteiger partial charge in [0.15, 0.2) is 0 Å². The van der Waals surface area contributed by atoms with E-state index in [1.54, 1.807) is 19.1 Å². The van der Waals surface area contributed by atoms with Gasteiger partial charge in [-0.15, -0.1) is 0 Å². The van der Waals surface area contributed by atoms with Crippen LogP contribution in [-0.4, -0.2) is 12.6 Å². The van der Waals surface area contributed by atoms with Crippen LogP contribution in [0.1, 0.15) is 24.5 Å². The Kier molecular flexibility index (Phi) is 5.46. The molecule has 0 aliphatic rings. The molecule has 0 heterocycles. The number of halogens is 2. The zero-order chi connectivity index (χ0) is 12.0. The molecule has 1 aromatic rings. The monoisotopic (exact) mass is 288 g/mol. The highest BCUT2D eigenvalue weighted by Crippen LogP contribution is 2.20. The third-order valence-electron chi connectivity index (χ3n) is 2.18. The van der Waals surface area contributed by atoms with E-state index in [2.05, 4.69) is 15.9 Å². The SMILES string of the molecule is CCOC(=O)CCc1ccc(CF)cc1Br. The van der Waals surface area contributed by atoms with E-state index >= 15 is 0 Å². The molecule has 0 fully saturated rings. The maximum absolute atomic E-state index is 12.4. The van der Waals surface area contributed by atoms with Crippen LogP contribution in [0.25, 0.3) is 0 Å². The highest BCUT2D eigenvalue weighted by Gasteiger charge is 2.06. The van der Waals surface area contributed by atoms with Gasteiger partial charge < -0.3 is 4.74 Å². The van der Waals surface area contributed by atoms with Crippen molar-refractivity contribution >= 4 is 21.9 Å². The maximum atomic E-state index is 12.4. The molecular formula is C12H14BrFO2. The number of carbonyl (C=O) groups is 1. The molecule has 0 atom stereocenters. The molecule has 1 aromatic carbocycles. The second-order valence-electron chi connectivity index (χ2n) is 3.36. The van der Waals surface area contributed by atoms with Gasteiger partial charge in [0.2, 0.25) is 0 Å².